The molecule has 41 heavy (non-hydrogen) atoms. The first kappa shape index (κ1) is 29.6. The molecule has 0 spiro atoms. The SMILES string of the molecule is Cc1c(C)c2c(c(C)c1CNC(=O)C[C@H](NC(=O)OCc1ccccc1)C(=O)OCc1ccccc1)CC(C)(C)O2. The lowest BCUT2D eigenvalue weighted by Gasteiger charge is -2.20. The fourth-order valence-corrected chi connectivity index (χ4v) is 4.99. The normalized spacial score (nSPS) is 13.9. The van der Waals surface area contributed by atoms with Gasteiger partial charge in [-0.2, -0.15) is 0 Å². The van der Waals surface area contributed by atoms with E-state index in [-0.39, 0.29) is 31.8 Å². The third kappa shape index (κ3) is 7.66. The third-order valence-electron chi connectivity index (χ3n) is 7.38. The zero-order valence-electron chi connectivity index (χ0n) is 24.3. The maximum absolute atomic E-state index is 13.1. The van der Waals surface area contributed by atoms with E-state index in [1.165, 1.54) is 0 Å². The predicted octanol–water partition coefficient (Wildman–Crippen LogP) is 5.37. The molecule has 0 bridgehead atoms. The molecule has 0 fully saturated rings. The average Bonchev–Trinajstić information content (AvgIpc) is 3.30. The minimum atomic E-state index is -1.22. The topological polar surface area (TPSA) is 103 Å². The zero-order valence-corrected chi connectivity index (χ0v) is 24.3. The molecule has 0 saturated heterocycles. The standard InChI is InChI=1S/C33H38N2O6/c1-21-22(2)30-26(17-33(4,5)41-30)23(3)27(21)18-34-29(36)16-28(31(37)39-19-24-12-8-6-9-13-24)35-32(38)40-20-25-14-10-7-11-15-25/h6-15,28H,16-20H2,1-5H3,(H,34,36)(H,35,38)/t28-/m0/s1. The highest BCUT2D eigenvalue weighted by atomic mass is 16.6. The number of hydrogen-bond acceptors (Lipinski definition) is 6. The third-order valence-corrected chi connectivity index (χ3v) is 7.38. The van der Waals surface area contributed by atoms with E-state index in [2.05, 4.69) is 24.5 Å². The second-order valence-corrected chi connectivity index (χ2v) is 11.0. The summed E-state index contributed by atoms with van der Waals surface area (Å²) in [6.45, 7) is 10.6. The van der Waals surface area contributed by atoms with Crippen LogP contribution in [0.5, 0.6) is 5.75 Å². The number of rotatable bonds is 10. The van der Waals surface area contributed by atoms with Crippen molar-refractivity contribution in [1.29, 1.82) is 0 Å². The van der Waals surface area contributed by atoms with Crippen LogP contribution in [0.1, 0.15) is 59.2 Å². The summed E-state index contributed by atoms with van der Waals surface area (Å²) in [7, 11) is 0. The Morgan fingerprint density at radius 3 is 2.05 bits per heavy atom. The van der Waals surface area contributed by atoms with Crippen molar-refractivity contribution in [3.05, 3.63) is 99.6 Å². The van der Waals surface area contributed by atoms with Crippen LogP contribution in [0, 0.1) is 20.8 Å². The lowest BCUT2D eigenvalue weighted by molar-refractivity contribution is -0.148. The molecule has 1 heterocycles. The zero-order chi connectivity index (χ0) is 29.6. The van der Waals surface area contributed by atoms with Gasteiger partial charge >= 0.3 is 12.1 Å². The summed E-state index contributed by atoms with van der Waals surface area (Å²) >= 11 is 0. The van der Waals surface area contributed by atoms with Crippen LogP contribution in [-0.4, -0.2) is 29.6 Å². The van der Waals surface area contributed by atoms with Gasteiger partial charge in [0.05, 0.1) is 6.42 Å². The number of hydrogen-bond donors (Lipinski definition) is 2. The molecular formula is C33H38N2O6. The Labute approximate surface area is 241 Å². The number of nitrogens with one attached hydrogen (secondary N) is 2. The van der Waals surface area contributed by atoms with Crippen LogP contribution >= 0.6 is 0 Å². The molecule has 8 nitrogen and oxygen atoms in total. The molecule has 0 aliphatic carbocycles. The number of carbonyl (C=O) groups excluding carboxylic acids is 3. The van der Waals surface area contributed by atoms with Gasteiger partial charge in [-0.15, -0.1) is 0 Å². The van der Waals surface area contributed by atoms with E-state index in [0.29, 0.717) is 0 Å². The van der Waals surface area contributed by atoms with Crippen LogP contribution in [0.15, 0.2) is 60.7 Å². The van der Waals surface area contributed by atoms with E-state index in [1.807, 2.05) is 81.4 Å². The highest BCUT2D eigenvalue weighted by molar-refractivity contribution is 5.88. The highest BCUT2D eigenvalue weighted by Gasteiger charge is 2.34. The van der Waals surface area contributed by atoms with Gasteiger partial charge in [0.25, 0.3) is 0 Å². The molecule has 1 aliphatic rings. The summed E-state index contributed by atoms with van der Waals surface area (Å²) in [4.78, 5) is 38.6. The van der Waals surface area contributed by atoms with Crippen molar-refractivity contribution in [1.82, 2.24) is 10.6 Å². The Balaban J connectivity index is 1.42. The molecule has 216 valence electrons. The lowest BCUT2D eigenvalue weighted by atomic mass is 9.89. The molecule has 0 aromatic heterocycles. The summed E-state index contributed by atoms with van der Waals surface area (Å²) in [6.07, 6.45) is -0.320. The van der Waals surface area contributed by atoms with Crippen molar-refractivity contribution in [3.63, 3.8) is 0 Å². The Morgan fingerprint density at radius 1 is 0.854 bits per heavy atom. The van der Waals surface area contributed by atoms with E-state index in [9.17, 15) is 14.4 Å². The van der Waals surface area contributed by atoms with Gasteiger partial charge in [-0.05, 0) is 68.0 Å². The van der Waals surface area contributed by atoms with Gasteiger partial charge in [0.15, 0.2) is 0 Å². The maximum atomic E-state index is 13.1. The number of fused-ring (bicyclic) bond motifs is 1. The molecule has 2 N–H and O–H groups in total. The van der Waals surface area contributed by atoms with Crippen molar-refractivity contribution >= 4 is 18.0 Å². The van der Waals surface area contributed by atoms with E-state index < -0.39 is 24.0 Å². The molecule has 0 saturated carbocycles. The van der Waals surface area contributed by atoms with E-state index in [1.54, 1.807) is 0 Å². The van der Waals surface area contributed by atoms with Crippen molar-refractivity contribution in [3.8, 4) is 5.75 Å². The van der Waals surface area contributed by atoms with Crippen molar-refractivity contribution in [2.45, 2.75) is 78.9 Å². The van der Waals surface area contributed by atoms with Crippen LogP contribution in [0.25, 0.3) is 0 Å². The van der Waals surface area contributed by atoms with Gasteiger partial charge in [-0.25, -0.2) is 9.59 Å². The molecule has 2 amide bonds. The molecule has 0 radical (unpaired) electrons. The smallest absolute Gasteiger partial charge is 0.408 e. The average molecular weight is 559 g/mol. The quantitative estimate of drug-likeness (QED) is 0.325. The fourth-order valence-electron chi connectivity index (χ4n) is 4.99. The summed E-state index contributed by atoms with van der Waals surface area (Å²) in [5, 5.41) is 5.44. The molecule has 0 unspecified atom stereocenters. The van der Waals surface area contributed by atoms with Gasteiger partial charge < -0.3 is 24.8 Å². The molecule has 1 aliphatic heterocycles. The number of amides is 2. The first-order valence-corrected chi connectivity index (χ1v) is 13.8. The monoisotopic (exact) mass is 558 g/mol. The maximum Gasteiger partial charge on any atom is 0.408 e. The predicted molar refractivity (Wildman–Crippen MR) is 155 cm³/mol. The van der Waals surface area contributed by atoms with Crippen molar-refractivity contribution < 1.29 is 28.6 Å². The van der Waals surface area contributed by atoms with Crippen LogP contribution in [-0.2, 0) is 45.2 Å². The molecule has 4 rings (SSSR count). The van der Waals surface area contributed by atoms with Gasteiger partial charge in [0.1, 0.15) is 30.6 Å². The molecule has 1 atom stereocenters. The van der Waals surface area contributed by atoms with E-state index >= 15 is 0 Å². The lowest BCUT2D eigenvalue weighted by Crippen LogP contribution is -2.45. The molecule has 8 heteroatoms. The van der Waals surface area contributed by atoms with Crippen molar-refractivity contribution in [2.75, 3.05) is 0 Å². The number of benzene rings is 3. The highest BCUT2D eigenvalue weighted by Crippen LogP contribution is 2.42. The summed E-state index contributed by atoms with van der Waals surface area (Å²) in [6, 6.07) is 17.2. The molecule has 3 aromatic carbocycles. The number of carbonyl (C=O) groups is 3. The van der Waals surface area contributed by atoms with Crippen LogP contribution in [0.3, 0.4) is 0 Å². The summed E-state index contributed by atoms with van der Waals surface area (Å²) < 4.78 is 16.9. The largest absolute Gasteiger partial charge is 0.487 e. The van der Waals surface area contributed by atoms with Crippen LogP contribution in [0.4, 0.5) is 4.79 Å². The van der Waals surface area contributed by atoms with Gasteiger partial charge in [-0.3, -0.25) is 4.79 Å². The second kappa shape index (κ2) is 12.9. The Bertz CT molecular complexity index is 1400. The molecule has 3 aromatic rings. The Kier molecular flexibility index (Phi) is 9.32. The van der Waals surface area contributed by atoms with E-state index in [0.717, 1.165) is 51.1 Å². The summed E-state index contributed by atoms with van der Waals surface area (Å²) in [5.74, 6) is -0.191. The fraction of sp³-hybridized carbons (Fsp3) is 0.364. The number of ether oxygens (including phenoxy) is 3. The summed E-state index contributed by atoms with van der Waals surface area (Å²) in [5.41, 5.74) is 6.71. The van der Waals surface area contributed by atoms with Gasteiger partial charge in [0, 0.05) is 18.5 Å². The second-order valence-electron chi connectivity index (χ2n) is 11.0. The number of esters is 1. The van der Waals surface area contributed by atoms with E-state index in [4.69, 9.17) is 14.2 Å². The van der Waals surface area contributed by atoms with Crippen molar-refractivity contribution in [2.24, 2.45) is 0 Å². The van der Waals surface area contributed by atoms with Gasteiger partial charge in [-0.1, -0.05) is 60.7 Å². The van der Waals surface area contributed by atoms with Gasteiger partial charge in [0.2, 0.25) is 5.91 Å². The Morgan fingerprint density at radius 2 is 1.44 bits per heavy atom. The minimum Gasteiger partial charge on any atom is -0.487 e. The van der Waals surface area contributed by atoms with Crippen LogP contribution in [0.2, 0.25) is 0 Å². The number of alkyl carbamates (subject to hydrolysis) is 1. The Hall–Kier alpha value is -4.33. The first-order valence-electron chi connectivity index (χ1n) is 13.8. The first-order chi connectivity index (χ1) is 19.5. The van der Waals surface area contributed by atoms with Crippen LogP contribution < -0.4 is 15.4 Å². The molecular weight excluding hydrogens is 520 g/mol. The minimum absolute atomic E-state index is 0.0176.